The van der Waals surface area contributed by atoms with E-state index in [1.54, 1.807) is 6.92 Å². The molecule has 0 fully saturated rings. The summed E-state index contributed by atoms with van der Waals surface area (Å²) in [7, 11) is 1.12. The summed E-state index contributed by atoms with van der Waals surface area (Å²) in [5.41, 5.74) is -1.51. The molecule has 0 saturated carbocycles. The third kappa shape index (κ3) is 5.68. The van der Waals surface area contributed by atoms with Crippen LogP contribution >= 0.6 is 11.6 Å². The molecule has 0 aliphatic carbocycles. The molecule has 2 aromatic rings. The van der Waals surface area contributed by atoms with Crippen molar-refractivity contribution in [2.24, 2.45) is 0 Å². The Kier molecular flexibility index (Phi) is 7.50. The van der Waals surface area contributed by atoms with Gasteiger partial charge in [0, 0.05) is 25.4 Å². The highest BCUT2D eigenvalue weighted by molar-refractivity contribution is 6.32. The van der Waals surface area contributed by atoms with E-state index in [1.807, 2.05) is 0 Å². The van der Waals surface area contributed by atoms with Gasteiger partial charge in [0.25, 0.3) is 11.8 Å². The fraction of sp³-hybridized carbons (Fsp3) is 0.286. The fourth-order valence-electron chi connectivity index (χ4n) is 2.97. The molecule has 182 valence electrons. The molecule has 0 saturated heterocycles. The minimum absolute atomic E-state index is 0.00704. The van der Waals surface area contributed by atoms with Crippen LogP contribution in [-0.2, 0) is 14.3 Å². The summed E-state index contributed by atoms with van der Waals surface area (Å²) >= 11 is 6.08. The van der Waals surface area contributed by atoms with Crippen LogP contribution in [0.25, 0.3) is 0 Å². The lowest BCUT2D eigenvalue weighted by Gasteiger charge is -2.35. The Balaban J connectivity index is 1.89. The third-order valence-corrected chi connectivity index (χ3v) is 4.76. The molecule has 0 radical (unpaired) electrons. The van der Waals surface area contributed by atoms with Gasteiger partial charge in [0.05, 0.1) is 24.0 Å². The van der Waals surface area contributed by atoms with Crippen molar-refractivity contribution in [1.29, 1.82) is 0 Å². The standard InChI is InChI=1S/C21H18ClF4N3O5/c1-3-32-19(31)10-33-20-15(5-4-6-27-20)34-16-8-14(13(23)7-12(16)22)29-11-28(2)17(9-18(29)30)21(24,25)26/h4-9H,3,10-11H2,1-2H3. The number of ether oxygens (including phenoxy) is 3. The van der Waals surface area contributed by atoms with Gasteiger partial charge in [-0.15, -0.1) is 0 Å². The number of esters is 1. The molecule has 1 aliphatic rings. The monoisotopic (exact) mass is 503 g/mol. The van der Waals surface area contributed by atoms with Gasteiger partial charge >= 0.3 is 12.1 Å². The number of allylic oxidation sites excluding steroid dienone is 1. The van der Waals surface area contributed by atoms with Crippen molar-refractivity contribution in [2.45, 2.75) is 13.1 Å². The van der Waals surface area contributed by atoms with Crippen molar-refractivity contribution in [3.05, 3.63) is 53.1 Å². The van der Waals surface area contributed by atoms with Gasteiger partial charge in [-0.2, -0.15) is 13.2 Å². The summed E-state index contributed by atoms with van der Waals surface area (Å²) in [5, 5.41) is -0.189. The van der Waals surface area contributed by atoms with Gasteiger partial charge in [0.15, 0.2) is 12.4 Å². The molecule has 3 rings (SSSR count). The number of carbonyl (C=O) groups excluding carboxylic acids is 2. The number of nitrogens with zero attached hydrogens (tertiary/aromatic N) is 3. The summed E-state index contributed by atoms with van der Waals surface area (Å²) in [4.78, 5) is 29.4. The summed E-state index contributed by atoms with van der Waals surface area (Å²) in [6, 6.07) is 4.86. The van der Waals surface area contributed by atoms with Crippen LogP contribution in [0.2, 0.25) is 5.02 Å². The van der Waals surface area contributed by atoms with Crippen LogP contribution in [0.15, 0.2) is 42.2 Å². The normalized spacial score (nSPS) is 14.1. The van der Waals surface area contributed by atoms with Crippen LogP contribution in [0.1, 0.15) is 6.92 Å². The number of aromatic nitrogens is 1. The van der Waals surface area contributed by atoms with E-state index in [0.717, 1.165) is 29.0 Å². The minimum atomic E-state index is -4.75. The van der Waals surface area contributed by atoms with Gasteiger partial charge in [-0.3, -0.25) is 9.69 Å². The molecule has 0 spiro atoms. The van der Waals surface area contributed by atoms with Crippen LogP contribution in [0.4, 0.5) is 23.2 Å². The van der Waals surface area contributed by atoms with Gasteiger partial charge in [-0.1, -0.05) is 11.6 Å². The zero-order chi connectivity index (χ0) is 25.0. The van der Waals surface area contributed by atoms with Crippen molar-refractivity contribution in [1.82, 2.24) is 9.88 Å². The van der Waals surface area contributed by atoms with Gasteiger partial charge in [-0.05, 0) is 25.1 Å². The number of anilines is 1. The number of pyridine rings is 1. The van der Waals surface area contributed by atoms with E-state index < -0.39 is 42.8 Å². The number of alkyl halides is 3. The van der Waals surface area contributed by atoms with E-state index >= 15 is 0 Å². The Labute approximate surface area is 196 Å². The maximum atomic E-state index is 14.7. The Morgan fingerprint density at radius 3 is 2.68 bits per heavy atom. The van der Waals surface area contributed by atoms with E-state index in [-0.39, 0.29) is 34.7 Å². The Hall–Kier alpha value is -3.54. The molecule has 0 atom stereocenters. The second-order valence-electron chi connectivity index (χ2n) is 6.87. The van der Waals surface area contributed by atoms with E-state index in [4.69, 9.17) is 25.8 Å². The summed E-state index contributed by atoms with van der Waals surface area (Å²) < 4.78 is 69.7. The van der Waals surface area contributed by atoms with Crippen LogP contribution < -0.4 is 14.4 Å². The number of hydrogen-bond acceptors (Lipinski definition) is 7. The number of amides is 1. The topological polar surface area (TPSA) is 81.2 Å². The zero-order valence-corrected chi connectivity index (χ0v) is 18.6. The minimum Gasteiger partial charge on any atom is -0.463 e. The zero-order valence-electron chi connectivity index (χ0n) is 17.9. The molecule has 1 aromatic carbocycles. The van der Waals surface area contributed by atoms with E-state index in [0.29, 0.717) is 6.08 Å². The number of rotatable bonds is 7. The van der Waals surface area contributed by atoms with Crippen LogP contribution in [-0.4, -0.2) is 54.9 Å². The molecule has 1 aliphatic heterocycles. The van der Waals surface area contributed by atoms with Gasteiger partial charge in [-0.25, -0.2) is 14.2 Å². The first-order chi connectivity index (χ1) is 16.0. The predicted molar refractivity (Wildman–Crippen MR) is 112 cm³/mol. The summed E-state index contributed by atoms with van der Waals surface area (Å²) in [6.07, 6.45) is -3.00. The SMILES string of the molecule is CCOC(=O)COc1ncccc1Oc1cc(N2CN(C)C(C(F)(F)F)=CC2=O)c(F)cc1Cl. The lowest BCUT2D eigenvalue weighted by molar-refractivity contribution is -0.145. The highest BCUT2D eigenvalue weighted by Gasteiger charge is 2.41. The van der Waals surface area contributed by atoms with Gasteiger partial charge in [0.1, 0.15) is 17.3 Å². The predicted octanol–water partition coefficient (Wildman–Crippen LogP) is 4.29. The highest BCUT2D eigenvalue weighted by Crippen LogP contribution is 2.39. The second-order valence-corrected chi connectivity index (χ2v) is 7.28. The van der Waals surface area contributed by atoms with Crippen LogP contribution in [0.5, 0.6) is 17.4 Å². The Morgan fingerprint density at radius 1 is 1.26 bits per heavy atom. The molecule has 1 amide bonds. The summed E-state index contributed by atoms with van der Waals surface area (Å²) in [6.45, 7) is 0.771. The third-order valence-electron chi connectivity index (χ3n) is 4.46. The van der Waals surface area contributed by atoms with Crippen LogP contribution in [0.3, 0.4) is 0 Å². The highest BCUT2D eigenvalue weighted by atomic mass is 35.5. The van der Waals surface area contributed by atoms with E-state index in [9.17, 15) is 27.2 Å². The maximum Gasteiger partial charge on any atom is 0.431 e. The molecule has 13 heteroatoms. The van der Waals surface area contributed by atoms with E-state index in [2.05, 4.69) is 4.98 Å². The number of carbonyl (C=O) groups is 2. The van der Waals surface area contributed by atoms with Crippen molar-refractivity contribution in [2.75, 3.05) is 31.8 Å². The van der Waals surface area contributed by atoms with Crippen molar-refractivity contribution < 1.29 is 41.4 Å². The molecular weight excluding hydrogens is 486 g/mol. The largest absolute Gasteiger partial charge is 0.463 e. The number of hydrogen-bond donors (Lipinski definition) is 0. The summed E-state index contributed by atoms with van der Waals surface area (Å²) in [5.74, 6) is -2.88. The van der Waals surface area contributed by atoms with Crippen molar-refractivity contribution >= 4 is 29.2 Å². The molecular formula is C21H18ClF4N3O5. The van der Waals surface area contributed by atoms with Crippen LogP contribution in [0, 0.1) is 5.82 Å². The maximum absolute atomic E-state index is 14.7. The molecule has 0 N–H and O–H groups in total. The Morgan fingerprint density at radius 2 is 2.00 bits per heavy atom. The first-order valence-corrected chi connectivity index (χ1v) is 10.1. The molecule has 34 heavy (non-hydrogen) atoms. The van der Waals surface area contributed by atoms with Crippen molar-refractivity contribution in [3.63, 3.8) is 0 Å². The average molecular weight is 504 g/mol. The van der Waals surface area contributed by atoms with Gasteiger partial charge < -0.3 is 19.1 Å². The number of halogens is 5. The first-order valence-electron chi connectivity index (χ1n) is 9.73. The molecule has 0 unspecified atom stereocenters. The van der Waals surface area contributed by atoms with Crippen molar-refractivity contribution in [3.8, 4) is 17.4 Å². The molecule has 1 aromatic heterocycles. The second kappa shape index (κ2) is 10.2. The molecule has 0 bridgehead atoms. The van der Waals surface area contributed by atoms with E-state index in [1.165, 1.54) is 18.3 Å². The lowest BCUT2D eigenvalue weighted by atomic mass is 10.2. The lowest BCUT2D eigenvalue weighted by Crippen LogP contribution is -2.46. The average Bonchev–Trinajstić information content (AvgIpc) is 2.76. The first kappa shape index (κ1) is 25.1. The smallest absolute Gasteiger partial charge is 0.431 e. The fourth-order valence-corrected chi connectivity index (χ4v) is 3.16. The number of benzene rings is 1. The van der Waals surface area contributed by atoms with Gasteiger partial charge in [0.2, 0.25) is 0 Å². The molecule has 8 nitrogen and oxygen atoms in total. The quantitative estimate of drug-likeness (QED) is 0.412. The Bertz CT molecular complexity index is 1130. The molecule has 2 heterocycles.